The lowest BCUT2D eigenvalue weighted by Crippen LogP contribution is -2.33. The number of benzene rings is 1. The first-order chi connectivity index (χ1) is 6.56. The van der Waals surface area contributed by atoms with Crippen LogP contribution < -0.4 is 11.5 Å². The van der Waals surface area contributed by atoms with E-state index in [1.165, 1.54) is 6.07 Å². The molecule has 78 valence electrons. The van der Waals surface area contributed by atoms with Crippen molar-refractivity contribution in [2.45, 2.75) is 25.4 Å². The van der Waals surface area contributed by atoms with Crippen molar-refractivity contribution in [1.29, 1.82) is 0 Å². The highest BCUT2D eigenvalue weighted by atomic mass is 35.5. The second-order valence-corrected chi connectivity index (χ2v) is 3.74. The number of rotatable bonds is 3. The van der Waals surface area contributed by atoms with E-state index in [0.29, 0.717) is 10.6 Å². The number of halogens is 1. The van der Waals surface area contributed by atoms with Gasteiger partial charge in [-0.25, -0.2) is 0 Å². The zero-order chi connectivity index (χ0) is 10.7. The maximum absolute atomic E-state index is 9.56. The van der Waals surface area contributed by atoms with E-state index in [2.05, 4.69) is 0 Å². The molecule has 5 N–H and O–H groups in total. The summed E-state index contributed by atoms with van der Waals surface area (Å²) in [6.45, 7) is 1.95. The molecule has 0 aromatic heterocycles. The molecule has 0 radical (unpaired) electrons. The van der Waals surface area contributed by atoms with Gasteiger partial charge in [0.2, 0.25) is 0 Å². The lowest BCUT2D eigenvalue weighted by Gasteiger charge is -2.19. The van der Waals surface area contributed by atoms with Crippen LogP contribution in [0.15, 0.2) is 18.2 Å². The molecule has 0 aliphatic heterocycles. The second kappa shape index (κ2) is 4.64. The lowest BCUT2D eigenvalue weighted by atomic mass is 9.98. The van der Waals surface area contributed by atoms with Gasteiger partial charge in [0, 0.05) is 22.7 Å². The first kappa shape index (κ1) is 11.3. The Balaban J connectivity index is 2.99. The molecule has 1 aromatic rings. The monoisotopic (exact) mass is 214 g/mol. The van der Waals surface area contributed by atoms with Crippen molar-refractivity contribution in [3.63, 3.8) is 0 Å². The molecule has 1 rings (SSSR count). The molecule has 0 bridgehead atoms. The van der Waals surface area contributed by atoms with Gasteiger partial charge in [-0.15, -0.1) is 0 Å². The van der Waals surface area contributed by atoms with Gasteiger partial charge >= 0.3 is 0 Å². The molecule has 2 atom stereocenters. The van der Waals surface area contributed by atoms with E-state index < -0.39 is 0 Å². The molecule has 1 aromatic carbocycles. The molecule has 4 heteroatoms. The molecule has 0 spiro atoms. The average Bonchev–Trinajstić information content (AvgIpc) is 2.19. The SMILES string of the molecule is CCC(N)C(N)c1cc(Cl)ccc1O. The summed E-state index contributed by atoms with van der Waals surface area (Å²) in [7, 11) is 0. The van der Waals surface area contributed by atoms with Crippen molar-refractivity contribution in [3.8, 4) is 5.75 Å². The quantitative estimate of drug-likeness (QED) is 0.718. The van der Waals surface area contributed by atoms with Crippen LogP contribution >= 0.6 is 11.6 Å². The van der Waals surface area contributed by atoms with E-state index in [4.69, 9.17) is 23.1 Å². The summed E-state index contributed by atoms with van der Waals surface area (Å²) in [6, 6.07) is 4.25. The number of phenols is 1. The minimum atomic E-state index is -0.376. The highest BCUT2D eigenvalue weighted by molar-refractivity contribution is 6.30. The normalized spacial score (nSPS) is 15.1. The van der Waals surface area contributed by atoms with E-state index in [1.807, 2.05) is 6.92 Å². The molecular weight excluding hydrogens is 200 g/mol. The summed E-state index contributed by atoms with van der Waals surface area (Å²) in [6.07, 6.45) is 0.757. The molecule has 0 aliphatic carbocycles. The summed E-state index contributed by atoms with van der Waals surface area (Å²) >= 11 is 5.80. The minimum Gasteiger partial charge on any atom is -0.508 e. The Hall–Kier alpha value is -0.770. The second-order valence-electron chi connectivity index (χ2n) is 3.30. The van der Waals surface area contributed by atoms with Crippen LogP contribution in [0.5, 0.6) is 5.75 Å². The van der Waals surface area contributed by atoms with Crippen LogP contribution in [0.3, 0.4) is 0 Å². The van der Waals surface area contributed by atoms with Gasteiger partial charge in [0.1, 0.15) is 5.75 Å². The van der Waals surface area contributed by atoms with Crippen molar-refractivity contribution < 1.29 is 5.11 Å². The Morgan fingerprint density at radius 1 is 1.43 bits per heavy atom. The zero-order valence-electron chi connectivity index (χ0n) is 8.07. The van der Waals surface area contributed by atoms with Crippen molar-refractivity contribution in [2.75, 3.05) is 0 Å². The molecule has 0 saturated heterocycles. The molecule has 14 heavy (non-hydrogen) atoms. The van der Waals surface area contributed by atoms with Gasteiger partial charge in [-0.1, -0.05) is 18.5 Å². The van der Waals surface area contributed by atoms with Gasteiger partial charge in [0.25, 0.3) is 0 Å². The minimum absolute atomic E-state index is 0.144. The van der Waals surface area contributed by atoms with Gasteiger partial charge in [-0.05, 0) is 24.6 Å². The zero-order valence-corrected chi connectivity index (χ0v) is 8.83. The third kappa shape index (κ3) is 2.38. The Kier molecular flexibility index (Phi) is 3.75. The van der Waals surface area contributed by atoms with Crippen LogP contribution in [-0.2, 0) is 0 Å². The first-order valence-corrected chi connectivity index (χ1v) is 4.93. The molecule has 0 aliphatic rings. The predicted octanol–water partition coefficient (Wildman–Crippen LogP) is 1.78. The van der Waals surface area contributed by atoms with Gasteiger partial charge in [-0.3, -0.25) is 0 Å². The number of nitrogens with two attached hydrogens (primary N) is 2. The van der Waals surface area contributed by atoms with Gasteiger partial charge in [0.05, 0.1) is 0 Å². The maximum Gasteiger partial charge on any atom is 0.120 e. The number of aromatic hydroxyl groups is 1. The van der Waals surface area contributed by atoms with Crippen molar-refractivity contribution in [3.05, 3.63) is 28.8 Å². The summed E-state index contributed by atoms with van der Waals surface area (Å²) in [5, 5.41) is 10.1. The van der Waals surface area contributed by atoms with Crippen molar-refractivity contribution in [2.24, 2.45) is 11.5 Å². The highest BCUT2D eigenvalue weighted by Crippen LogP contribution is 2.27. The summed E-state index contributed by atoms with van der Waals surface area (Å²) in [5.74, 6) is 0.144. The van der Waals surface area contributed by atoms with Crippen LogP contribution in [0.25, 0.3) is 0 Å². The fraction of sp³-hybridized carbons (Fsp3) is 0.400. The summed E-state index contributed by atoms with van der Waals surface area (Å²) < 4.78 is 0. The van der Waals surface area contributed by atoms with Gasteiger partial charge in [-0.2, -0.15) is 0 Å². The number of hydrogen-bond acceptors (Lipinski definition) is 3. The molecule has 3 nitrogen and oxygen atoms in total. The number of hydrogen-bond donors (Lipinski definition) is 3. The van der Waals surface area contributed by atoms with Crippen molar-refractivity contribution >= 4 is 11.6 Å². The molecule has 0 saturated carbocycles. The fourth-order valence-corrected chi connectivity index (χ4v) is 1.46. The van der Waals surface area contributed by atoms with Gasteiger partial charge < -0.3 is 16.6 Å². The van der Waals surface area contributed by atoms with Crippen LogP contribution in [0.2, 0.25) is 5.02 Å². The largest absolute Gasteiger partial charge is 0.508 e. The fourth-order valence-electron chi connectivity index (χ4n) is 1.28. The number of phenolic OH excluding ortho intramolecular Hbond substituents is 1. The Morgan fingerprint density at radius 2 is 2.07 bits per heavy atom. The molecule has 2 unspecified atom stereocenters. The van der Waals surface area contributed by atoms with E-state index in [0.717, 1.165) is 6.42 Å². The average molecular weight is 215 g/mol. The maximum atomic E-state index is 9.56. The standard InChI is InChI=1S/C10H15ClN2O/c1-2-8(12)10(13)7-5-6(11)3-4-9(7)14/h3-5,8,10,14H,2,12-13H2,1H3. The van der Waals surface area contributed by atoms with Crippen LogP contribution in [0.1, 0.15) is 24.9 Å². The highest BCUT2D eigenvalue weighted by Gasteiger charge is 2.17. The molecule has 0 amide bonds. The summed E-state index contributed by atoms with van der Waals surface area (Å²) in [4.78, 5) is 0. The van der Waals surface area contributed by atoms with Gasteiger partial charge in [0.15, 0.2) is 0 Å². The molecule has 0 heterocycles. The smallest absolute Gasteiger partial charge is 0.120 e. The van der Waals surface area contributed by atoms with E-state index in [-0.39, 0.29) is 17.8 Å². The molecular formula is C10H15ClN2O. The van der Waals surface area contributed by atoms with E-state index >= 15 is 0 Å². The topological polar surface area (TPSA) is 72.3 Å². The Bertz CT molecular complexity index is 317. The third-order valence-electron chi connectivity index (χ3n) is 2.28. The third-order valence-corrected chi connectivity index (χ3v) is 2.52. The van der Waals surface area contributed by atoms with Crippen LogP contribution in [0, 0.1) is 0 Å². The first-order valence-electron chi connectivity index (χ1n) is 4.55. The van der Waals surface area contributed by atoms with E-state index in [1.54, 1.807) is 12.1 Å². The van der Waals surface area contributed by atoms with E-state index in [9.17, 15) is 5.11 Å². The Morgan fingerprint density at radius 3 is 2.64 bits per heavy atom. The summed E-state index contributed by atoms with van der Waals surface area (Å²) in [5.41, 5.74) is 12.3. The van der Waals surface area contributed by atoms with Crippen LogP contribution in [0.4, 0.5) is 0 Å². The predicted molar refractivity (Wildman–Crippen MR) is 58.3 cm³/mol. The van der Waals surface area contributed by atoms with Crippen molar-refractivity contribution in [1.82, 2.24) is 0 Å². The van der Waals surface area contributed by atoms with Crippen LogP contribution in [-0.4, -0.2) is 11.1 Å². The molecule has 0 fully saturated rings. The lowest BCUT2D eigenvalue weighted by molar-refractivity contribution is 0.446. The Labute approximate surface area is 88.7 Å².